The molecule has 0 spiro atoms. The minimum absolute atomic E-state index is 0.0588. The largest absolute Gasteiger partial charge is 0.658 e. The summed E-state index contributed by atoms with van der Waals surface area (Å²) in [6, 6.07) is 10.4. The van der Waals surface area contributed by atoms with Crippen LogP contribution in [0.15, 0.2) is 36.4 Å². The van der Waals surface area contributed by atoms with Crippen molar-refractivity contribution in [2.45, 2.75) is 0 Å². The Bertz CT molecular complexity index is 690. The standard InChI is InChI=1S/C14H6BF2N2O2/c16-11-1-9(7-18)3-13(5-11)20-15-21-14-4-10(8-19)2-12(17)6-14/h1-6H. The quantitative estimate of drug-likeness (QED) is 0.809. The fourth-order valence-electron chi connectivity index (χ4n) is 1.53. The van der Waals surface area contributed by atoms with Gasteiger partial charge in [-0.25, -0.2) is 8.78 Å². The number of halogens is 2. The van der Waals surface area contributed by atoms with Crippen LogP contribution in [0.1, 0.15) is 11.1 Å². The lowest BCUT2D eigenvalue weighted by Crippen LogP contribution is -2.11. The van der Waals surface area contributed by atoms with Gasteiger partial charge >= 0.3 is 7.69 Å². The van der Waals surface area contributed by atoms with Gasteiger partial charge in [-0.2, -0.15) is 10.5 Å². The van der Waals surface area contributed by atoms with Crippen LogP contribution in [0.3, 0.4) is 0 Å². The number of hydrogen-bond donors (Lipinski definition) is 0. The fraction of sp³-hybridized carbons (Fsp3) is 0. The van der Waals surface area contributed by atoms with Crippen molar-refractivity contribution in [3.8, 4) is 23.6 Å². The first-order valence-corrected chi connectivity index (χ1v) is 5.67. The predicted octanol–water partition coefficient (Wildman–Crippen LogP) is 2.70. The second-order valence-electron chi connectivity index (χ2n) is 3.91. The van der Waals surface area contributed by atoms with Crippen LogP contribution in [0.4, 0.5) is 8.78 Å². The van der Waals surface area contributed by atoms with Crippen molar-refractivity contribution in [1.29, 1.82) is 10.5 Å². The molecule has 0 amide bonds. The highest BCUT2D eigenvalue weighted by Crippen LogP contribution is 2.18. The maximum Gasteiger partial charge on any atom is 0.658 e. The zero-order chi connectivity index (χ0) is 15.2. The molecule has 0 saturated carbocycles. The molecule has 0 bridgehead atoms. The second-order valence-corrected chi connectivity index (χ2v) is 3.91. The molecule has 0 aliphatic heterocycles. The van der Waals surface area contributed by atoms with Gasteiger partial charge in [-0.1, -0.05) is 0 Å². The van der Waals surface area contributed by atoms with E-state index in [1.54, 1.807) is 12.1 Å². The highest BCUT2D eigenvalue weighted by Gasteiger charge is 2.07. The summed E-state index contributed by atoms with van der Waals surface area (Å²) in [5.74, 6) is -1.14. The first kappa shape index (κ1) is 14.4. The van der Waals surface area contributed by atoms with Crippen LogP contribution in [0.2, 0.25) is 0 Å². The van der Waals surface area contributed by atoms with Crippen molar-refractivity contribution in [3.05, 3.63) is 59.2 Å². The van der Waals surface area contributed by atoms with Gasteiger partial charge in [0.15, 0.2) is 0 Å². The summed E-state index contributed by atoms with van der Waals surface area (Å²) in [7, 11) is 0.853. The Morgan fingerprint density at radius 2 is 1.19 bits per heavy atom. The number of rotatable bonds is 4. The van der Waals surface area contributed by atoms with Gasteiger partial charge in [-0.3, -0.25) is 0 Å². The molecule has 101 valence electrons. The number of hydrogen-bond acceptors (Lipinski definition) is 4. The third-order valence-electron chi connectivity index (χ3n) is 2.37. The molecule has 0 unspecified atom stereocenters. The normalized spacial score (nSPS) is 9.33. The van der Waals surface area contributed by atoms with Gasteiger partial charge in [0.05, 0.1) is 23.3 Å². The Balaban J connectivity index is 2.02. The van der Waals surface area contributed by atoms with E-state index < -0.39 is 11.6 Å². The molecule has 0 heterocycles. The third-order valence-corrected chi connectivity index (χ3v) is 2.37. The Kier molecular flexibility index (Phi) is 4.38. The monoisotopic (exact) mass is 283 g/mol. The van der Waals surface area contributed by atoms with E-state index in [0.29, 0.717) is 0 Å². The smallest absolute Gasteiger partial charge is 0.526 e. The van der Waals surface area contributed by atoms with Gasteiger partial charge < -0.3 is 9.31 Å². The maximum absolute atomic E-state index is 13.1. The van der Waals surface area contributed by atoms with Gasteiger partial charge in [0.2, 0.25) is 0 Å². The maximum atomic E-state index is 13.1. The number of benzene rings is 2. The summed E-state index contributed by atoms with van der Waals surface area (Å²) >= 11 is 0. The van der Waals surface area contributed by atoms with Crippen LogP contribution >= 0.6 is 0 Å². The van der Waals surface area contributed by atoms with Crippen LogP contribution < -0.4 is 9.31 Å². The van der Waals surface area contributed by atoms with Crippen molar-refractivity contribution < 1.29 is 18.1 Å². The van der Waals surface area contributed by atoms with Crippen LogP contribution in [-0.2, 0) is 0 Å². The van der Waals surface area contributed by atoms with Crippen molar-refractivity contribution in [2.75, 3.05) is 0 Å². The SMILES string of the molecule is N#Cc1cc(F)cc(O[B]Oc2cc(F)cc(C#N)c2)c1. The molecular weight excluding hydrogens is 277 g/mol. The zero-order valence-corrected chi connectivity index (χ0v) is 10.5. The van der Waals surface area contributed by atoms with Crippen LogP contribution in [0.5, 0.6) is 11.5 Å². The van der Waals surface area contributed by atoms with Gasteiger partial charge in [0.1, 0.15) is 23.1 Å². The highest BCUT2D eigenvalue weighted by atomic mass is 19.1. The lowest BCUT2D eigenvalue weighted by atomic mass is 10.2. The fourth-order valence-corrected chi connectivity index (χ4v) is 1.53. The lowest BCUT2D eigenvalue weighted by molar-refractivity contribution is 0.454. The summed E-state index contributed by atoms with van der Waals surface area (Å²) in [4.78, 5) is 0. The molecule has 0 N–H and O–H groups in total. The van der Waals surface area contributed by atoms with Crippen LogP contribution in [0, 0.1) is 34.3 Å². The van der Waals surface area contributed by atoms with E-state index in [0.717, 1.165) is 32.0 Å². The van der Waals surface area contributed by atoms with Crippen molar-refractivity contribution in [2.24, 2.45) is 0 Å². The molecule has 0 aliphatic carbocycles. The summed E-state index contributed by atoms with van der Waals surface area (Å²) in [6.07, 6.45) is 0. The summed E-state index contributed by atoms with van der Waals surface area (Å²) in [6.45, 7) is 0. The molecule has 2 aromatic carbocycles. The topological polar surface area (TPSA) is 66.0 Å². The molecule has 2 rings (SSSR count). The van der Waals surface area contributed by atoms with E-state index in [9.17, 15) is 8.78 Å². The van der Waals surface area contributed by atoms with E-state index >= 15 is 0 Å². The first-order chi connectivity index (χ1) is 10.1. The van der Waals surface area contributed by atoms with Gasteiger partial charge in [-0.05, 0) is 24.3 Å². The van der Waals surface area contributed by atoms with Crippen LogP contribution in [0.25, 0.3) is 0 Å². The Labute approximate surface area is 120 Å². The highest BCUT2D eigenvalue weighted by molar-refractivity contribution is 6.20. The third kappa shape index (κ3) is 3.95. The van der Waals surface area contributed by atoms with Crippen molar-refractivity contribution in [3.63, 3.8) is 0 Å². The first-order valence-electron chi connectivity index (χ1n) is 5.67. The van der Waals surface area contributed by atoms with E-state index in [4.69, 9.17) is 19.8 Å². The zero-order valence-electron chi connectivity index (χ0n) is 10.5. The molecule has 0 saturated heterocycles. The molecule has 0 atom stereocenters. The molecule has 4 nitrogen and oxygen atoms in total. The summed E-state index contributed by atoms with van der Waals surface area (Å²) in [5.41, 5.74) is 0.187. The Morgan fingerprint density at radius 1 is 0.762 bits per heavy atom. The Hall–Kier alpha value is -3.06. The predicted molar refractivity (Wildman–Crippen MR) is 69.2 cm³/mol. The molecule has 21 heavy (non-hydrogen) atoms. The molecule has 2 aromatic rings. The van der Waals surface area contributed by atoms with E-state index in [-0.39, 0.29) is 22.6 Å². The molecule has 0 aliphatic rings. The van der Waals surface area contributed by atoms with Gasteiger partial charge in [0, 0.05) is 12.1 Å². The van der Waals surface area contributed by atoms with E-state index in [1.165, 1.54) is 12.1 Å². The number of nitriles is 2. The van der Waals surface area contributed by atoms with Gasteiger partial charge in [-0.15, -0.1) is 0 Å². The average Bonchev–Trinajstić information content (AvgIpc) is 2.46. The molecule has 1 radical (unpaired) electrons. The van der Waals surface area contributed by atoms with Gasteiger partial charge in [0.25, 0.3) is 0 Å². The van der Waals surface area contributed by atoms with E-state index in [1.807, 2.05) is 0 Å². The molecule has 0 aromatic heterocycles. The minimum Gasteiger partial charge on any atom is -0.526 e. The molecular formula is C14H6BF2N2O2. The van der Waals surface area contributed by atoms with Crippen LogP contribution in [-0.4, -0.2) is 7.69 Å². The average molecular weight is 283 g/mol. The summed E-state index contributed by atoms with van der Waals surface area (Å²) < 4.78 is 36.3. The summed E-state index contributed by atoms with van der Waals surface area (Å²) in [5, 5.41) is 17.4. The molecule has 0 fully saturated rings. The Morgan fingerprint density at radius 3 is 1.57 bits per heavy atom. The van der Waals surface area contributed by atoms with Crippen molar-refractivity contribution >= 4 is 7.69 Å². The minimum atomic E-state index is -0.630. The second kappa shape index (κ2) is 6.40. The lowest BCUT2D eigenvalue weighted by Gasteiger charge is -2.07. The molecule has 7 heteroatoms. The number of nitrogens with zero attached hydrogens (tertiary/aromatic N) is 2. The van der Waals surface area contributed by atoms with E-state index in [2.05, 4.69) is 0 Å². The van der Waals surface area contributed by atoms with Crippen molar-refractivity contribution in [1.82, 2.24) is 0 Å².